The van der Waals surface area contributed by atoms with Gasteiger partial charge in [0.25, 0.3) is 11.6 Å². The number of nitrogens with one attached hydrogen (secondary N) is 2. The number of hydrogen-bond donors (Lipinski definition) is 3. The first-order chi connectivity index (χ1) is 9.95. The number of rotatable bonds is 5. The fraction of sp³-hybridized carbons (Fsp3) is 0.462. The minimum atomic E-state index is -0.594. The van der Waals surface area contributed by atoms with Crippen LogP contribution in [0.25, 0.3) is 0 Å². The van der Waals surface area contributed by atoms with Gasteiger partial charge in [0, 0.05) is 24.9 Å². The molecule has 0 spiro atoms. The molecular weight excluding hydrogens is 276 g/mol. The number of nitro benzene ring substituents is 1. The first-order valence-corrected chi connectivity index (χ1v) is 6.62. The minimum absolute atomic E-state index is 0.0305. The second-order valence-corrected chi connectivity index (χ2v) is 5.22. The lowest BCUT2D eigenvalue weighted by Crippen LogP contribution is -2.40. The van der Waals surface area contributed by atoms with E-state index in [1.165, 1.54) is 18.2 Å². The Morgan fingerprint density at radius 1 is 1.57 bits per heavy atom. The number of hydrazine groups is 1. The second-order valence-electron chi connectivity index (χ2n) is 5.22. The topological polar surface area (TPSA) is 120 Å². The van der Waals surface area contributed by atoms with Crippen LogP contribution < -0.4 is 16.6 Å². The molecule has 1 saturated heterocycles. The molecule has 0 aliphatic carbocycles. The number of nitro groups is 1. The smallest absolute Gasteiger partial charge is 0.282 e. The van der Waals surface area contributed by atoms with Gasteiger partial charge >= 0.3 is 0 Å². The van der Waals surface area contributed by atoms with Crippen molar-refractivity contribution < 1.29 is 14.5 Å². The highest BCUT2D eigenvalue weighted by Crippen LogP contribution is 2.25. The molecule has 2 rings (SSSR count). The third-order valence-electron chi connectivity index (χ3n) is 3.53. The van der Waals surface area contributed by atoms with Gasteiger partial charge in [0.15, 0.2) is 0 Å². The van der Waals surface area contributed by atoms with Crippen molar-refractivity contribution in [2.24, 2.45) is 5.84 Å². The summed E-state index contributed by atoms with van der Waals surface area (Å²) in [5.74, 6) is 4.75. The molecule has 1 heterocycles. The average molecular weight is 294 g/mol. The van der Waals surface area contributed by atoms with Gasteiger partial charge in [0.05, 0.1) is 10.5 Å². The van der Waals surface area contributed by atoms with Crippen LogP contribution in [0.2, 0.25) is 0 Å². The molecule has 21 heavy (non-hydrogen) atoms. The second kappa shape index (κ2) is 6.06. The van der Waals surface area contributed by atoms with Crippen LogP contribution in [0.3, 0.4) is 0 Å². The van der Waals surface area contributed by atoms with E-state index in [2.05, 4.69) is 10.7 Å². The van der Waals surface area contributed by atoms with Gasteiger partial charge in [0.1, 0.15) is 5.56 Å². The van der Waals surface area contributed by atoms with Gasteiger partial charge in [0.2, 0.25) is 0 Å². The summed E-state index contributed by atoms with van der Waals surface area (Å²) < 4.78 is 5.57. The number of anilines is 1. The summed E-state index contributed by atoms with van der Waals surface area (Å²) >= 11 is 0. The van der Waals surface area contributed by atoms with Gasteiger partial charge in [-0.15, -0.1) is 0 Å². The zero-order valence-electron chi connectivity index (χ0n) is 11.7. The summed E-state index contributed by atoms with van der Waals surface area (Å²) in [5.41, 5.74) is 2.09. The molecule has 1 aliphatic rings. The molecule has 1 aromatic carbocycles. The highest BCUT2D eigenvalue weighted by Gasteiger charge is 2.31. The Kier molecular flexibility index (Phi) is 4.39. The fourth-order valence-corrected chi connectivity index (χ4v) is 2.31. The van der Waals surface area contributed by atoms with E-state index in [0.29, 0.717) is 18.8 Å². The molecule has 1 aromatic rings. The first kappa shape index (κ1) is 15.2. The van der Waals surface area contributed by atoms with Crippen LogP contribution in [0.4, 0.5) is 11.4 Å². The van der Waals surface area contributed by atoms with E-state index in [1.807, 2.05) is 6.92 Å². The SMILES string of the molecule is CC1(CNC(=O)c2cc(NN)ccc2[N+](=O)[O-])CCCO1. The Bertz CT molecular complexity index is 555. The van der Waals surface area contributed by atoms with Gasteiger partial charge in [-0.25, -0.2) is 0 Å². The Labute approximate surface area is 121 Å². The highest BCUT2D eigenvalue weighted by molar-refractivity contribution is 5.99. The fourth-order valence-electron chi connectivity index (χ4n) is 2.31. The summed E-state index contributed by atoms with van der Waals surface area (Å²) in [7, 11) is 0. The number of nitrogen functional groups attached to an aromatic ring is 1. The molecule has 1 amide bonds. The predicted octanol–water partition coefficient (Wildman–Crippen LogP) is 1.18. The number of ether oxygens (including phenoxy) is 1. The number of nitrogens with zero attached hydrogens (tertiary/aromatic N) is 1. The van der Waals surface area contributed by atoms with Crippen molar-refractivity contribution >= 4 is 17.3 Å². The lowest BCUT2D eigenvalue weighted by atomic mass is 10.0. The van der Waals surface area contributed by atoms with E-state index in [-0.39, 0.29) is 11.3 Å². The van der Waals surface area contributed by atoms with Crippen molar-refractivity contribution in [3.8, 4) is 0 Å². The maximum Gasteiger partial charge on any atom is 0.282 e. The molecule has 0 bridgehead atoms. The molecular formula is C13H18N4O4. The predicted molar refractivity (Wildman–Crippen MR) is 76.8 cm³/mol. The third kappa shape index (κ3) is 3.47. The molecule has 1 atom stereocenters. The number of hydrogen-bond acceptors (Lipinski definition) is 6. The van der Waals surface area contributed by atoms with Crippen LogP contribution in [0, 0.1) is 10.1 Å². The standard InChI is InChI=1S/C13H18N4O4/c1-13(5-2-6-21-13)8-15-12(18)10-7-9(16-14)3-4-11(10)17(19)20/h3-4,7,16H,2,5-6,8,14H2,1H3,(H,15,18). The van der Waals surface area contributed by atoms with Crippen molar-refractivity contribution in [1.29, 1.82) is 0 Å². The summed E-state index contributed by atoms with van der Waals surface area (Å²) in [4.78, 5) is 22.6. The molecule has 0 radical (unpaired) electrons. The Balaban J connectivity index is 2.15. The molecule has 8 nitrogen and oxygen atoms in total. The lowest BCUT2D eigenvalue weighted by Gasteiger charge is -2.23. The summed E-state index contributed by atoms with van der Waals surface area (Å²) in [6.07, 6.45) is 1.79. The van der Waals surface area contributed by atoms with Crippen LogP contribution >= 0.6 is 0 Å². The van der Waals surface area contributed by atoms with Crippen LogP contribution in [-0.2, 0) is 4.74 Å². The number of carbonyl (C=O) groups excluding carboxylic acids is 1. The molecule has 0 saturated carbocycles. The highest BCUT2D eigenvalue weighted by atomic mass is 16.6. The van der Waals surface area contributed by atoms with Crippen LogP contribution in [0.5, 0.6) is 0 Å². The van der Waals surface area contributed by atoms with E-state index in [1.54, 1.807) is 0 Å². The largest absolute Gasteiger partial charge is 0.373 e. The van der Waals surface area contributed by atoms with Crippen LogP contribution in [-0.4, -0.2) is 29.6 Å². The quantitative estimate of drug-likeness (QED) is 0.426. The molecule has 4 N–H and O–H groups in total. The molecule has 1 fully saturated rings. The number of benzene rings is 1. The Morgan fingerprint density at radius 3 is 2.90 bits per heavy atom. The molecule has 8 heteroatoms. The third-order valence-corrected chi connectivity index (χ3v) is 3.53. The minimum Gasteiger partial charge on any atom is -0.373 e. The summed E-state index contributed by atoms with van der Waals surface area (Å²) in [6, 6.07) is 4.04. The van der Waals surface area contributed by atoms with Crippen LogP contribution in [0.15, 0.2) is 18.2 Å². The maximum absolute atomic E-state index is 12.2. The Hall–Kier alpha value is -2.19. The molecule has 1 aliphatic heterocycles. The number of nitrogens with two attached hydrogens (primary N) is 1. The van der Waals surface area contributed by atoms with Crippen molar-refractivity contribution in [3.63, 3.8) is 0 Å². The number of carbonyl (C=O) groups is 1. The maximum atomic E-state index is 12.2. The van der Waals surface area contributed by atoms with Crippen molar-refractivity contribution in [2.45, 2.75) is 25.4 Å². The van der Waals surface area contributed by atoms with Crippen molar-refractivity contribution in [1.82, 2.24) is 5.32 Å². The van der Waals surface area contributed by atoms with E-state index in [0.717, 1.165) is 12.8 Å². The Morgan fingerprint density at radius 2 is 2.33 bits per heavy atom. The zero-order chi connectivity index (χ0) is 15.5. The normalized spacial score (nSPS) is 21.0. The van der Waals surface area contributed by atoms with Gasteiger partial charge < -0.3 is 15.5 Å². The zero-order valence-corrected chi connectivity index (χ0v) is 11.7. The molecule has 0 aromatic heterocycles. The van der Waals surface area contributed by atoms with Gasteiger partial charge in [-0.3, -0.25) is 20.8 Å². The summed E-state index contributed by atoms with van der Waals surface area (Å²) in [6.45, 7) is 2.88. The molecule has 114 valence electrons. The van der Waals surface area contributed by atoms with E-state index < -0.39 is 16.4 Å². The summed E-state index contributed by atoms with van der Waals surface area (Å²) in [5, 5.41) is 13.7. The number of amides is 1. The van der Waals surface area contributed by atoms with Crippen LogP contribution in [0.1, 0.15) is 30.1 Å². The molecule has 1 unspecified atom stereocenters. The average Bonchev–Trinajstić information content (AvgIpc) is 2.91. The van der Waals surface area contributed by atoms with Gasteiger partial charge in [-0.05, 0) is 31.9 Å². The lowest BCUT2D eigenvalue weighted by molar-refractivity contribution is -0.385. The van der Waals surface area contributed by atoms with Crippen molar-refractivity contribution in [3.05, 3.63) is 33.9 Å². The van der Waals surface area contributed by atoms with Gasteiger partial charge in [-0.2, -0.15) is 0 Å². The van der Waals surface area contributed by atoms with E-state index >= 15 is 0 Å². The van der Waals surface area contributed by atoms with Crippen molar-refractivity contribution in [2.75, 3.05) is 18.6 Å². The van der Waals surface area contributed by atoms with E-state index in [4.69, 9.17) is 10.6 Å². The van der Waals surface area contributed by atoms with E-state index in [9.17, 15) is 14.9 Å². The first-order valence-electron chi connectivity index (χ1n) is 6.62. The monoisotopic (exact) mass is 294 g/mol. The van der Waals surface area contributed by atoms with Gasteiger partial charge in [-0.1, -0.05) is 0 Å².